The predicted octanol–water partition coefficient (Wildman–Crippen LogP) is 3.03. The molecular formula is C16H19N3. The Bertz CT molecular complexity index is 535. The third kappa shape index (κ3) is 3.11. The van der Waals surface area contributed by atoms with Gasteiger partial charge >= 0.3 is 0 Å². The van der Waals surface area contributed by atoms with Crippen molar-refractivity contribution in [1.29, 1.82) is 0 Å². The van der Waals surface area contributed by atoms with Crippen molar-refractivity contribution in [3.63, 3.8) is 0 Å². The van der Waals surface area contributed by atoms with Crippen LogP contribution in [-0.4, -0.2) is 23.6 Å². The molecule has 1 aliphatic carbocycles. The second-order valence-corrected chi connectivity index (χ2v) is 5.20. The lowest BCUT2D eigenvalue weighted by Gasteiger charge is -2.18. The van der Waals surface area contributed by atoms with Gasteiger partial charge in [0.05, 0.1) is 0 Å². The van der Waals surface area contributed by atoms with E-state index < -0.39 is 0 Å². The Morgan fingerprint density at radius 3 is 2.68 bits per heavy atom. The highest BCUT2D eigenvalue weighted by atomic mass is 15.2. The molecule has 0 bridgehead atoms. The van der Waals surface area contributed by atoms with E-state index in [0.717, 1.165) is 24.6 Å². The van der Waals surface area contributed by atoms with Gasteiger partial charge in [0.15, 0.2) is 0 Å². The quantitative estimate of drug-likeness (QED) is 0.820. The molecule has 1 aromatic heterocycles. The molecular weight excluding hydrogens is 234 g/mol. The minimum atomic E-state index is 0.613. The highest BCUT2D eigenvalue weighted by Crippen LogP contribution is 2.38. The normalized spacial score (nSPS) is 14.4. The van der Waals surface area contributed by atoms with Gasteiger partial charge in [-0.2, -0.15) is 0 Å². The van der Waals surface area contributed by atoms with Gasteiger partial charge in [-0.1, -0.05) is 30.3 Å². The SMILES string of the molecule is CN(CCc1ccccc1)c1ccnc(C2CC2)n1. The fraction of sp³-hybridized carbons (Fsp3) is 0.375. The van der Waals surface area contributed by atoms with Crippen LogP contribution in [0.15, 0.2) is 42.6 Å². The summed E-state index contributed by atoms with van der Waals surface area (Å²) in [6, 6.07) is 12.6. The van der Waals surface area contributed by atoms with Crippen molar-refractivity contribution < 1.29 is 0 Å². The van der Waals surface area contributed by atoms with Gasteiger partial charge in [-0.3, -0.25) is 0 Å². The Hall–Kier alpha value is -1.90. The van der Waals surface area contributed by atoms with Gasteiger partial charge in [-0.15, -0.1) is 0 Å². The van der Waals surface area contributed by atoms with Gasteiger partial charge in [0, 0.05) is 25.7 Å². The Labute approximate surface area is 114 Å². The van der Waals surface area contributed by atoms with Crippen molar-refractivity contribution in [2.45, 2.75) is 25.2 Å². The number of rotatable bonds is 5. The van der Waals surface area contributed by atoms with E-state index >= 15 is 0 Å². The highest BCUT2D eigenvalue weighted by molar-refractivity contribution is 5.37. The number of aromatic nitrogens is 2. The molecule has 3 heteroatoms. The van der Waals surface area contributed by atoms with E-state index in [1.807, 2.05) is 12.3 Å². The molecule has 3 rings (SSSR count). The van der Waals surface area contributed by atoms with Crippen LogP contribution in [0.25, 0.3) is 0 Å². The number of hydrogen-bond acceptors (Lipinski definition) is 3. The maximum atomic E-state index is 4.66. The van der Waals surface area contributed by atoms with E-state index in [-0.39, 0.29) is 0 Å². The molecule has 1 saturated carbocycles. The van der Waals surface area contributed by atoms with Crippen molar-refractivity contribution in [3.8, 4) is 0 Å². The first-order valence-electron chi connectivity index (χ1n) is 6.91. The molecule has 0 radical (unpaired) electrons. The highest BCUT2D eigenvalue weighted by Gasteiger charge is 2.26. The van der Waals surface area contributed by atoms with Crippen LogP contribution >= 0.6 is 0 Å². The summed E-state index contributed by atoms with van der Waals surface area (Å²) >= 11 is 0. The molecule has 0 N–H and O–H groups in total. The third-order valence-corrected chi connectivity index (χ3v) is 3.57. The Morgan fingerprint density at radius 2 is 1.95 bits per heavy atom. The molecule has 0 atom stereocenters. The van der Waals surface area contributed by atoms with E-state index in [0.29, 0.717) is 5.92 Å². The molecule has 98 valence electrons. The molecule has 1 heterocycles. The van der Waals surface area contributed by atoms with Gasteiger partial charge < -0.3 is 4.90 Å². The fourth-order valence-electron chi connectivity index (χ4n) is 2.17. The molecule has 3 nitrogen and oxygen atoms in total. The number of nitrogens with zero attached hydrogens (tertiary/aromatic N) is 3. The van der Waals surface area contributed by atoms with E-state index in [2.05, 4.69) is 52.2 Å². The molecule has 0 saturated heterocycles. The molecule has 1 aliphatic rings. The summed E-state index contributed by atoms with van der Waals surface area (Å²) < 4.78 is 0. The lowest BCUT2D eigenvalue weighted by atomic mass is 10.1. The van der Waals surface area contributed by atoms with Crippen LogP contribution < -0.4 is 4.90 Å². The standard InChI is InChI=1S/C16H19N3/c1-19(12-10-13-5-3-2-4-6-13)15-9-11-17-16(18-15)14-7-8-14/h2-6,9,11,14H,7-8,10,12H2,1H3. The van der Waals surface area contributed by atoms with Crippen LogP contribution in [0, 0.1) is 0 Å². The summed E-state index contributed by atoms with van der Waals surface area (Å²) in [7, 11) is 2.10. The van der Waals surface area contributed by atoms with Crippen molar-refractivity contribution in [2.24, 2.45) is 0 Å². The zero-order chi connectivity index (χ0) is 13.1. The summed E-state index contributed by atoms with van der Waals surface area (Å²) in [5.41, 5.74) is 1.37. The van der Waals surface area contributed by atoms with Gasteiger partial charge in [0.2, 0.25) is 0 Å². The predicted molar refractivity (Wildman–Crippen MR) is 77.4 cm³/mol. The third-order valence-electron chi connectivity index (χ3n) is 3.57. The first kappa shape index (κ1) is 12.2. The van der Waals surface area contributed by atoms with Crippen LogP contribution in [-0.2, 0) is 6.42 Å². The largest absolute Gasteiger partial charge is 0.359 e. The average molecular weight is 253 g/mol. The van der Waals surface area contributed by atoms with Crippen molar-refractivity contribution in [1.82, 2.24) is 9.97 Å². The van der Waals surface area contributed by atoms with Crippen LogP contribution in [0.4, 0.5) is 5.82 Å². The summed E-state index contributed by atoms with van der Waals surface area (Å²) in [5.74, 6) is 2.67. The molecule has 19 heavy (non-hydrogen) atoms. The lowest BCUT2D eigenvalue weighted by molar-refractivity contribution is 0.834. The van der Waals surface area contributed by atoms with Crippen molar-refractivity contribution in [2.75, 3.05) is 18.5 Å². The van der Waals surface area contributed by atoms with Crippen LogP contribution in [0.3, 0.4) is 0 Å². The minimum absolute atomic E-state index is 0.613. The first-order chi connectivity index (χ1) is 9.33. The number of likely N-dealkylation sites (N-methyl/N-ethyl adjacent to an activating group) is 1. The molecule has 0 unspecified atom stereocenters. The summed E-state index contributed by atoms with van der Waals surface area (Å²) in [5, 5.41) is 0. The molecule has 0 spiro atoms. The summed E-state index contributed by atoms with van der Waals surface area (Å²) in [6.07, 6.45) is 5.42. The van der Waals surface area contributed by atoms with Gasteiger partial charge in [-0.25, -0.2) is 9.97 Å². The number of benzene rings is 1. The lowest BCUT2D eigenvalue weighted by Crippen LogP contribution is -2.21. The molecule has 1 aromatic carbocycles. The van der Waals surface area contributed by atoms with E-state index in [1.54, 1.807) is 0 Å². The van der Waals surface area contributed by atoms with Crippen LogP contribution in [0.5, 0.6) is 0 Å². The summed E-state index contributed by atoms with van der Waals surface area (Å²) in [4.78, 5) is 11.2. The average Bonchev–Trinajstić information content (AvgIpc) is 3.31. The van der Waals surface area contributed by atoms with E-state index in [9.17, 15) is 0 Å². The fourth-order valence-corrected chi connectivity index (χ4v) is 2.17. The van der Waals surface area contributed by atoms with Crippen LogP contribution in [0.2, 0.25) is 0 Å². The molecule has 1 fully saturated rings. The second-order valence-electron chi connectivity index (χ2n) is 5.20. The monoisotopic (exact) mass is 253 g/mol. The Balaban J connectivity index is 1.63. The van der Waals surface area contributed by atoms with E-state index in [4.69, 9.17) is 0 Å². The minimum Gasteiger partial charge on any atom is -0.359 e. The molecule has 0 amide bonds. The van der Waals surface area contributed by atoms with Gasteiger partial charge in [0.1, 0.15) is 11.6 Å². The van der Waals surface area contributed by atoms with Gasteiger partial charge in [0.25, 0.3) is 0 Å². The Kier molecular flexibility index (Phi) is 3.45. The van der Waals surface area contributed by atoms with Crippen molar-refractivity contribution >= 4 is 5.82 Å². The first-order valence-corrected chi connectivity index (χ1v) is 6.91. The van der Waals surface area contributed by atoms with Gasteiger partial charge in [-0.05, 0) is 30.9 Å². The molecule has 0 aliphatic heterocycles. The topological polar surface area (TPSA) is 29.0 Å². The molecule has 2 aromatic rings. The van der Waals surface area contributed by atoms with Crippen LogP contribution in [0.1, 0.15) is 30.1 Å². The Morgan fingerprint density at radius 1 is 1.16 bits per heavy atom. The number of anilines is 1. The maximum absolute atomic E-state index is 4.66. The smallest absolute Gasteiger partial charge is 0.133 e. The van der Waals surface area contributed by atoms with Crippen molar-refractivity contribution in [3.05, 3.63) is 54.0 Å². The zero-order valence-corrected chi connectivity index (χ0v) is 11.3. The summed E-state index contributed by atoms with van der Waals surface area (Å²) in [6.45, 7) is 0.977. The van der Waals surface area contributed by atoms with E-state index in [1.165, 1.54) is 18.4 Å². The number of hydrogen-bond donors (Lipinski definition) is 0. The second kappa shape index (κ2) is 5.39. The maximum Gasteiger partial charge on any atom is 0.133 e. The zero-order valence-electron chi connectivity index (χ0n) is 11.3.